The first-order valence-corrected chi connectivity index (χ1v) is 9.04. The van der Waals surface area contributed by atoms with Crippen LogP contribution in [0.15, 0.2) is 49.5 Å². The van der Waals surface area contributed by atoms with Gasteiger partial charge in [-0.3, -0.25) is 10.1 Å². The van der Waals surface area contributed by atoms with Gasteiger partial charge in [0, 0.05) is 10.5 Å². The van der Waals surface area contributed by atoms with E-state index in [2.05, 4.69) is 31.4 Å². The number of thioether (sulfide) groups is 1. The fourth-order valence-corrected chi connectivity index (χ4v) is 3.43. The number of hydrogen-bond donors (Lipinski definition) is 1. The fraction of sp³-hybridized carbons (Fsp3) is 0.0714. The van der Waals surface area contributed by atoms with Crippen molar-refractivity contribution in [2.24, 2.45) is 0 Å². The number of halogens is 1. The minimum Gasteiger partial charge on any atom is -0.402 e. The molecular weight excluding hydrogens is 386 g/mol. The zero-order chi connectivity index (χ0) is 15.5. The Labute approximate surface area is 143 Å². The normalized spacial score (nSPS) is 10.6. The largest absolute Gasteiger partial charge is 0.402 e. The number of nitrogens with zero attached hydrogens (tertiary/aromatic N) is 2. The molecule has 0 aliphatic carbocycles. The Morgan fingerprint density at radius 3 is 2.64 bits per heavy atom. The first kappa shape index (κ1) is 15.3. The van der Waals surface area contributed by atoms with Crippen LogP contribution in [0.3, 0.4) is 0 Å². The molecular formula is C14H10BrN3O2S2. The SMILES string of the molecule is CSc1ccc(C(=O)Nc2nnc(-c3ccc(Br)s3)o2)cc1. The number of amides is 1. The second-order valence-corrected chi connectivity index (χ2v) is 7.54. The molecule has 0 unspecified atom stereocenters. The number of nitrogens with one attached hydrogen (secondary N) is 1. The smallest absolute Gasteiger partial charge is 0.322 e. The monoisotopic (exact) mass is 395 g/mol. The van der Waals surface area contributed by atoms with Crippen molar-refractivity contribution in [1.82, 2.24) is 10.2 Å². The molecule has 2 aromatic heterocycles. The molecule has 0 spiro atoms. The number of hydrogen-bond acceptors (Lipinski definition) is 6. The van der Waals surface area contributed by atoms with E-state index in [1.54, 1.807) is 23.9 Å². The highest BCUT2D eigenvalue weighted by Gasteiger charge is 2.14. The van der Waals surface area contributed by atoms with Crippen molar-refractivity contribution in [2.75, 3.05) is 11.6 Å². The predicted molar refractivity (Wildman–Crippen MR) is 91.5 cm³/mol. The Morgan fingerprint density at radius 2 is 2.00 bits per heavy atom. The summed E-state index contributed by atoms with van der Waals surface area (Å²) in [6.45, 7) is 0. The second-order valence-electron chi connectivity index (χ2n) is 4.20. The van der Waals surface area contributed by atoms with Crippen LogP contribution in [-0.4, -0.2) is 22.4 Å². The molecule has 0 aliphatic rings. The molecule has 0 fully saturated rings. The zero-order valence-corrected chi connectivity index (χ0v) is 14.6. The van der Waals surface area contributed by atoms with Crippen molar-refractivity contribution in [2.45, 2.75) is 4.90 Å². The van der Waals surface area contributed by atoms with Crippen molar-refractivity contribution in [3.8, 4) is 10.8 Å². The van der Waals surface area contributed by atoms with Gasteiger partial charge in [-0.2, -0.15) is 0 Å². The van der Waals surface area contributed by atoms with Crippen LogP contribution in [0.1, 0.15) is 10.4 Å². The molecule has 8 heteroatoms. The maximum Gasteiger partial charge on any atom is 0.322 e. The van der Waals surface area contributed by atoms with Gasteiger partial charge in [0.2, 0.25) is 0 Å². The van der Waals surface area contributed by atoms with Crippen LogP contribution in [0.5, 0.6) is 0 Å². The standard InChI is InChI=1S/C14H10BrN3O2S2/c1-21-9-4-2-8(3-5-9)12(19)16-14-18-17-13(20-14)10-6-7-11(15)22-10/h2-7H,1H3,(H,16,18,19). The fourth-order valence-electron chi connectivity index (χ4n) is 1.71. The molecule has 0 aliphatic heterocycles. The summed E-state index contributed by atoms with van der Waals surface area (Å²) in [7, 11) is 0. The third-order valence-corrected chi connectivity index (χ3v) is 5.14. The molecule has 22 heavy (non-hydrogen) atoms. The summed E-state index contributed by atoms with van der Waals surface area (Å²) >= 11 is 6.48. The van der Waals surface area contributed by atoms with Crippen LogP contribution in [0.2, 0.25) is 0 Å². The minimum atomic E-state index is -0.282. The molecule has 1 amide bonds. The van der Waals surface area contributed by atoms with E-state index < -0.39 is 0 Å². The first-order chi connectivity index (χ1) is 10.7. The van der Waals surface area contributed by atoms with E-state index in [0.29, 0.717) is 11.5 Å². The average molecular weight is 396 g/mol. The Bertz CT molecular complexity index is 799. The molecule has 1 aromatic carbocycles. The van der Waals surface area contributed by atoms with Gasteiger partial charge in [-0.05, 0) is 58.6 Å². The van der Waals surface area contributed by atoms with Gasteiger partial charge in [0.25, 0.3) is 11.8 Å². The number of carbonyl (C=O) groups is 1. The molecule has 0 bridgehead atoms. The minimum absolute atomic E-state index is 0.0819. The summed E-state index contributed by atoms with van der Waals surface area (Å²) in [5.74, 6) is 0.0962. The van der Waals surface area contributed by atoms with Crippen LogP contribution < -0.4 is 5.32 Å². The van der Waals surface area contributed by atoms with E-state index in [9.17, 15) is 4.79 Å². The number of carbonyl (C=O) groups excluding carboxylic acids is 1. The van der Waals surface area contributed by atoms with Gasteiger partial charge in [-0.25, -0.2) is 0 Å². The average Bonchev–Trinajstić information content (AvgIpc) is 3.16. The third kappa shape index (κ3) is 3.40. The molecule has 0 saturated carbocycles. The van der Waals surface area contributed by atoms with Crippen molar-refractivity contribution in [1.29, 1.82) is 0 Å². The maximum atomic E-state index is 12.1. The van der Waals surface area contributed by atoms with Gasteiger partial charge in [-0.1, -0.05) is 5.10 Å². The van der Waals surface area contributed by atoms with E-state index in [4.69, 9.17) is 4.42 Å². The van der Waals surface area contributed by atoms with Crippen molar-refractivity contribution in [3.05, 3.63) is 45.7 Å². The first-order valence-electron chi connectivity index (χ1n) is 6.20. The van der Waals surface area contributed by atoms with Gasteiger partial charge in [0.1, 0.15) is 0 Å². The second kappa shape index (κ2) is 6.64. The summed E-state index contributed by atoms with van der Waals surface area (Å²) in [4.78, 5) is 14.0. The molecule has 2 heterocycles. The van der Waals surface area contributed by atoms with E-state index in [1.165, 1.54) is 11.3 Å². The van der Waals surface area contributed by atoms with Gasteiger partial charge in [-0.15, -0.1) is 28.2 Å². The lowest BCUT2D eigenvalue weighted by Crippen LogP contribution is -2.11. The summed E-state index contributed by atoms with van der Waals surface area (Å²) in [6, 6.07) is 11.1. The molecule has 5 nitrogen and oxygen atoms in total. The Hall–Kier alpha value is -1.64. The molecule has 112 valence electrons. The third-order valence-electron chi connectivity index (χ3n) is 2.78. The lowest BCUT2D eigenvalue weighted by molar-refractivity contribution is 0.102. The van der Waals surface area contributed by atoms with E-state index in [-0.39, 0.29) is 11.9 Å². The highest BCUT2D eigenvalue weighted by atomic mass is 79.9. The molecule has 3 rings (SSSR count). The van der Waals surface area contributed by atoms with Crippen LogP contribution in [-0.2, 0) is 0 Å². The summed E-state index contributed by atoms with van der Waals surface area (Å²) in [5, 5.41) is 10.4. The molecule has 0 saturated heterocycles. The van der Waals surface area contributed by atoms with Crippen LogP contribution in [0.25, 0.3) is 10.8 Å². The highest BCUT2D eigenvalue weighted by Crippen LogP contribution is 2.31. The number of thiophene rings is 1. The molecule has 0 atom stereocenters. The summed E-state index contributed by atoms with van der Waals surface area (Å²) < 4.78 is 6.42. The van der Waals surface area contributed by atoms with Crippen LogP contribution in [0, 0.1) is 0 Å². The number of benzene rings is 1. The Morgan fingerprint density at radius 1 is 1.23 bits per heavy atom. The van der Waals surface area contributed by atoms with Crippen molar-refractivity contribution in [3.63, 3.8) is 0 Å². The van der Waals surface area contributed by atoms with E-state index in [1.807, 2.05) is 30.5 Å². The van der Waals surface area contributed by atoms with E-state index >= 15 is 0 Å². The topological polar surface area (TPSA) is 68.0 Å². The van der Waals surface area contributed by atoms with Crippen molar-refractivity contribution >= 4 is 51.0 Å². The molecule has 3 aromatic rings. The number of rotatable bonds is 4. The number of aromatic nitrogens is 2. The molecule has 1 N–H and O–H groups in total. The maximum absolute atomic E-state index is 12.1. The highest BCUT2D eigenvalue weighted by molar-refractivity contribution is 9.11. The van der Waals surface area contributed by atoms with Crippen LogP contribution >= 0.6 is 39.0 Å². The Balaban J connectivity index is 1.72. The lowest BCUT2D eigenvalue weighted by atomic mass is 10.2. The van der Waals surface area contributed by atoms with Gasteiger partial charge >= 0.3 is 6.01 Å². The molecule has 0 radical (unpaired) electrons. The van der Waals surface area contributed by atoms with E-state index in [0.717, 1.165) is 13.6 Å². The summed E-state index contributed by atoms with van der Waals surface area (Å²) in [6.07, 6.45) is 1.98. The predicted octanol–water partition coefficient (Wildman–Crippen LogP) is 4.53. The lowest BCUT2D eigenvalue weighted by Gasteiger charge is -2.01. The summed E-state index contributed by atoms with van der Waals surface area (Å²) in [5.41, 5.74) is 0.538. The van der Waals surface area contributed by atoms with Crippen LogP contribution in [0.4, 0.5) is 6.01 Å². The zero-order valence-electron chi connectivity index (χ0n) is 11.4. The quantitative estimate of drug-likeness (QED) is 0.656. The number of anilines is 1. The van der Waals surface area contributed by atoms with Crippen molar-refractivity contribution < 1.29 is 9.21 Å². The van der Waals surface area contributed by atoms with Gasteiger partial charge in [0.05, 0.1) is 8.66 Å². The Kier molecular flexibility index (Phi) is 4.60. The van der Waals surface area contributed by atoms with Gasteiger partial charge < -0.3 is 4.42 Å². The van der Waals surface area contributed by atoms with Gasteiger partial charge in [0.15, 0.2) is 0 Å².